The zero-order valence-electron chi connectivity index (χ0n) is 18.8. The van der Waals surface area contributed by atoms with Gasteiger partial charge in [-0.05, 0) is 52.8 Å². The van der Waals surface area contributed by atoms with E-state index in [0.29, 0.717) is 29.3 Å². The average molecular weight is 436 g/mol. The fraction of sp³-hybridized carbons (Fsp3) is 0.636. The Kier molecular flexibility index (Phi) is 7.27. The molecule has 0 aromatic heterocycles. The number of nitrogens with one attached hydrogen (secondary N) is 1. The molecule has 172 valence electrons. The van der Waals surface area contributed by atoms with E-state index in [4.69, 9.17) is 14.2 Å². The number of fused-ring (bicyclic) bond motifs is 1. The summed E-state index contributed by atoms with van der Waals surface area (Å²) in [5.74, 6) is 0.243. The Bertz CT molecular complexity index is 801. The third-order valence-corrected chi connectivity index (χ3v) is 5.36. The van der Waals surface area contributed by atoms with Crippen molar-refractivity contribution in [3.05, 3.63) is 17.7 Å². The van der Waals surface area contributed by atoms with Gasteiger partial charge in [0.15, 0.2) is 18.2 Å². The average Bonchev–Trinajstić information content (AvgIpc) is 3.23. The number of nitrogens with zero attached hydrogens (tertiary/aromatic N) is 2. The topological polar surface area (TPSA) is 101 Å². The third-order valence-electron chi connectivity index (χ3n) is 5.36. The van der Waals surface area contributed by atoms with E-state index in [9.17, 15) is 14.7 Å². The van der Waals surface area contributed by atoms with Gasteiger partial charge < -0.3 is 34.4 Å². The van der Waals surface area contributed by atoms with Crippen molar-refractivity contribution < 1.29 is 28.9 Å². The lowest BCUT2D eigenvalue weighted by Gasteiger charge is -2.32. The van der Waals surface area contributed by atoms with Crippen molar-refractivity contribution in [3.8, 4) is 11.5 Å². The van der Waals surface area contributed by atoms with Crippen LogP contribution in [0.5, 0.6) is 11.5 Å². The van der Waals surface area contributed by atoms with Crippen LogP contribution in [0, 0.1) is 5.41 Å². The molecule has 1 unspecified atom stereocenters. The van der Waals surface area contributed by atoms with E-state index in [1.165, 1.54) is 7.11 Å². The maximum Gasteiger partial charge on any atom is 0.312 e. The van der Waals surface area contributed by atoms with Gasteiger partial charge in [-0.2, -0.15) is 0 Å². The summed E-state index contributed by atoms with van der Waals surface area (Å²) in [5.41, 5.74) is 0.358. The number of ether oxygens (including phenoxy) is 3. The molecule has 2 N–H and O–H groups in total. The van der Waals surface area contributed by atoms with Crippen LogP contribution in [0.25, 0.3) is 0 Å². The SMILES string of the molecule is COc1cc2c(cc1OCC(O)CN1CCCC1)N(COC(=O)C(C)(C)C)CNC2=O. The van der Waals surface area contributed by atoms with E-state index in [1.54, 1.807) is 37.8 Å². The minimum Gasteiger partial charge on any atom is -0.493 e. The molecule has 0 saturated carbocycles. The number of likely N-dealkylation sites (tertiary alicyclic amines) is 1. The Morgan fingerprint density at radius 2 is 1.94 bits per heavy atom. The van der Waals surface area contributed by atoms with Crippen molar-refractivity contribution in [2.24, 2.45) is 5.41 Å². The zero-order valence-corrected chi connectivity index (χ0v) is 18.8. The summed E-state index contributed by atoms with van der Waals surface area (Å²) in [6.45, 7) is 8.20. The monoisotopic (exact) mass is 435 g/mol. The van der Waals surface area contributed by atoms with E-state index >= 15 is 0 Å². The number of hydrogen-bond acceptors (Lipinski definition) is 8. The molecule has 1 aromatic carbocycles. The number of aliphatic hydroxyl groups is 1. The molecular formula is C22H33N3O6. The summed E-state index contributed by atoms with van der Waals surface area (Å²) >= 11 is 0. The summed E-state index contributed by atoms with van der Waals surface area (Å²) in [4.78, 5) is 28.5. The molecule has 31 heavy (non-hydrogen) atoms. The van der Waals surface area contributed by atoms with Crippen LogP contribution in [-0.4, -0.2) is 74.7 Å². The molecule has 2 heterocycles. The third kappa shape index (κ3) is 5.80. The molecule has 0 radical (unpaired) electrons. The number of esters is 1. The van der Waals surface area contributed by atoms with Crippen LogP contribution < -0.4 is 19.7 Å². The first kappa shape index (κ1) is 23.1. The van der Waals surface area contributed by atoms with Crippen molar-refractivity contribution >= 4 is 17.6 Å². The normalized spacial score (nSPS) is 17.7. The number of rotatable bonds is 8. The zero-order chi connectivity index (χ0) is 22.6. The van der Waals surface area contributed by atoms with Gasteiger partial charge in [0.1, 0.15) is 12.7 Å². The largest absolute Gasteiger partial charge is 0.493 e. The molecule has 1 atom stereocenters. The smallest absolute Gasteiger partial charge is 0.312 e. The van der Waals surface area contributed by atoms with Crippen molar-refractivity contribution in [2.45, 2.75) is 39.7 Å². The molecular weight excluding hydrogens is 402 g/mol. The fourth-order valence-corrected chi connectivity index (χ4v) is 3.58. The molecule has 9 heteroatoms. The van der Waals surface area contributed by atoms with E-state index in [0.717, 1.165) is 25.9 Å². The van der Waals surface area contributed by atoms with Gasteiger partial charge in [-0.25, -0.2) is 0 Å². The second-order valence-corrected chi connectivity index (χ2v) is 9.01. The highest BCUT2D eigenvalue weighted by Gasteiger charge is 2.29. The number of aliphatic hydroxyl groups excluding tert-OH is 1. The molecule has 1 amide bonds. The maximum atomic E-state index is 12.4. The van der Waals surface area contributed by atoms with Crippen LogP contribution in [0.15, 0.2) is 12.1 Å². The van der Waals surface area contributed by atoms with Crippen LogP contribution >= 0.6 is 0 Å². The number of benzene rings is 1. The van der Waals surface area contributed by atoms with Gasteiger partial charge in [-0.3, -0.25) is 9.59 Å². The minimum atomic E-state index is -0.633. The molecule has 1 saturated heterocycles. The minimum absolute atomic E-state index is 0.00721. The van der Waals surface area contributed by atoms with Gasteiger partial charge in [-0.1, -0.05) is 0 Å². The number of amides is 1. The highest BCUT2D eigenvalue weighted by Crippen LogP contribution is 2.37. The van der Waals surface area contributed by atoms with E-state index in [-0.39, 0.29) is 31.9 Å². The predicted octanol–water partition coefficient (Wildman–Crippen LogP) is 1.58. The Morgan fingerprint density at radius 1 is 1.23 bits per heavy atom. The summed E-state index contributed by atoms with van der Waals surface area (Å²) in [5, 5.41) is 13.1. The lowest BCUT2D eigenvalue weighted by atomic mass is 9.97. The van der Waals surface area contributed by atoms with Crippen LogP contribution in [0.1, 0.15) is 44.0 Å². The number of carbonyl (C=O) groups excluding carboxylic acids is 2. The number of anilines is 1. The first-order chi connectivity index (χ1) is 14.7. The first-order valence-corrected chi connectivity index (χ1v) is 10.6. The lowest BCUT2D eigenvalue weighted by molar-refractivity contribution is -0.152. The Labute approximate surface area is 183 Å². The summed E-state index contributed by atoms with van der Waals surface area (Å²) in [7, 11) is 1.50. The highest BCUT2D eigenvalue weighted by atomic mass is 16.5. The number of methoxy groups -OCH3 is 1. The molecule has 1 aromatic rings. The van der Waals surface area contributed by atoms with Gasteiger partial charge in [0, 0.05) is 12.6 Å². The number of hydrogen-bond donors (Lipinski definition) is 2. The Hall–Kier alpha value is -2.52. The van der Waals surface area contributed by atoms with Crippen LogP contribution in [-0.2, 0) is 9.53 Å². The molecule has 2 aliphatic rings. The van der Waals surface area contributed by atoms with Crippen LogP contribution in [0.2, 0.25) is 0 Å². The van der Waals surface area contributed by atoms with Crippen molar-refractivity contribution in [1.29, 1.82) is 0 Å². The standard InChI is InChI=1S/C22H33N3O6/c1-22(2,3)21(28)31-14-25-13-23-20(27)16-9-18(29-4)19(10-17(16)25)30-12-15(26)11-24-7-5-6-8-24/h9-10,15,26H,5-8,11-14H2,1-4H3,(H,23,27). The molecule has 2 aliphatic heterocycles. The number of β-amino-alcohol motifs (C(OH)–C–C–N with tert-alkyl or cyclic N) is 1. The maximum absolute atomic E-state index is 12.4. The second kappa shape index (κ2) is 9.74. The van der Waals surface area contributed by atoms with E-state index in [2.05, 4.69) is 10.2 Å². The van der Waals surface area contributed by atoms with Gasteiger partial charge in [0.2, 0.25) is 0 Å². The van der Waals surface area contributed by atoms with Crippen molar-refractivity contribution in [3.63, 3.8) is 0 Å². The molecule has 1 fully saturated rings. The number of carbonyl (C=O) groups is 2. The van der Waals surface area contributed by atoms with Crippen LogP contribution in [0.3, 0.4) is 0 Å². The molecule has 0 aliphatic carbocycles. The Morgan fingerprint density at radius 3 is 2.58 bits per heavy atom. The van der Waals surface area contributed by atoms with Gasteiger partial charge >= 0.3 is 5.97 Å². The molecule has 0 spiro atoms. The lowest BCUT2D eigenvalue weighted by Crippen LogP contribution is -2.45. The van der Waals surface area contributed by atoms with Gasteiger partial charge in [0.05, 0.1) is 30.4 Å². The Balaban J connectivity index is 1.73. The summed E-state index contributed by atoms with van der Waals surface area (Å²) in [6.07, 6.45) is 1.68. The quantitative estimate of drug-likeness (QED) is 0.594. The van der Waals surface area contributed by atoms with Crippen LogP contribution in [0.4, 0.5) is 5.69 Å². The molecule has 3 rings (SSSR count). The first-order valence-electron chi connectivity index (χ1n) is 10.6. The summed E-state index contributed by atoms with van der Waals surface area (Å²) < 4.78 is 16.7. The molecule has 0 bridgehead atoms. The van der Waals surface area contributed by atoms with Crippen molar-refractivity contribution in [2.75, 3.05) is 51.7 Å². The van der Waals surface area contributed by atoms with Crippen molar-refractivity contribution in [1.82, 2.24) is 10.2 Å². The predicted molar refractivity (Wildman–Crippen MR) is 115 cm³/mol. The van der Waals surface area contributed by atoms with Gasteiger partial charge in [0.25, 0.3) is 5.91 Å². The highest BCUT2D eigenvalue weighted by molar-refractivity contribution is 6.02. The fourth-order valence-electron chi connectivity index (χ4n) is 3.58. The van der Waals surface area contributed by atoms with E-state index in [1.807, 2.05) is 0 Å². The second-order valence-electron chi connectivity index (χ2n) is 9.01. The van der Waals surface area contributed by atoms with Gasteiger partial charge in [-0.15, -0.1) is 0 Å². The summed E-state index contributed by atoms with van der Waals surface area (Å²) in [6, 6.07) is 3.30. The van der Waals surface area contributed by atoms with E-state index < -0.39 is 11.5 Å². The molecule has 9 nitrogen and oxygen atoms in total.